The SMILES string of the molecule is CNc1nc(C(=NOCc2ccccc2)C(=O)N(C)C2Cc3cccc(C(=O)O)c3OB2O)cs1. The summed E-state index contributed by atoms with van der Waals surface area (Å²) in [7, 11) is 1.80. The molecule has 1 amide bonds. The number of aromatic nitrogens is 1. The maximum absolute atomic E-state index is 13.5. The van der Waals surface area contributed by atoms with E-state index in [1.807, 2.05) is 30.3 Å². The Bertz CT molecular complexity index is 1250. The minimum Gasteiger partial charge on any atom is -0.534 e. The second-order valence-electron chi connectivity index (χ2n) is 7.78. The Morgan fingerprint density at radius 1 is 1.29 bits per heavy atom. The van der Waals surface area contributed by atoms with Crippen molar-refractivity contribution >= 4 is 41.2 Å². The number of rotatable bonds is 8. The van der Waals surface area contributed by atoms with Crippen molar-refractivity contribution in [2.45, 2.75) is 19.0 Å². The molecule has 3 N–H and O–H groups in total. The van der Waals surface area contributed by atoms with E-state index in [2.05, 4.69) is 15.5 Å². The number of anilines is 1. The molecule has 3 aromatic rings. The van der Waals surface area contributed by atoms with Crippen molar-refractivity contribution in [3.05, 3.63) is 76.3 Å². The second-order valence-corrected chi connectivity index (χ2v) is 8.64. The lowest BCUT2D eigenvalue weighted by atomic mass is 9.71. The predicted molar refractivity (Wildman–Crippen MR) is 132 cm³/mol. The van der Waals surface area contributed by atoms with Crippen LogP contribution in [0.25, 0.3) is 0 Å². The molecule has 0 saturated carbocycles. The fraction of sp³-hybridized carbons (Fsp3) is 0.217. The Balaban J connectivity index is 1.59. The smallest absolute Gasteiger partial charge is 0.534 e. The molecular weight excluding hydrogens is 471 g/mol. The number of carboxylic acid groups (broad SMARTS) is 1. The zero-order valence-electron chi connectivity index (χ0n) is 19.0. The number of carbonyl (C=O) groups excluding carboxylic acids is 1. The van der Waals surface area contributed by atoms with Gasteiger partial charge in [-0.15, -0.1) is 11.3 Å². The number of carbonyl (C=O) groups is 2. The van der Waals surface area contributed by atoms with Crippen LogP contribution in [0.4, 0.5) is 5.13 Å². The highest BCUT2D eigenvalue weighted by atomic mass is 32.1. The van der Waals surface area contributed by atoms with Crippen LogP contribution >= 0.6 is 11.3 Å². The number of carboxylic acids is 1. The zero-order valence-corrected chi connectivity index (χ0v) is 19.9. The van der Waals surface area contributed by atoms with Gasteiger partial charge in [0.05, 0.1) is 11.5 Å². The summed E-state index contributed by atoms with van der Waals surface area (Å²) in [6, 6.07) is 14.1. The number of hydrogen-bond acceptors (Lipinski definition) is 9. The minimum absolute atomic E-state index is 0.0292. The molecule has 2 heterocycles. The third-order valence-electron chi connectivity index (χ3n) is 5.53. The van der Waals surface area contributed by atoms with Gasteiger partial charge in [-0.25, -0.2) is 9.78 Å². The van der Waals surface area contributed by atoms with Crippen LogP contribution in [0.1, 0.15) is 27.2 Å². The topological polar surface area (TPSA) is 134 Å². The molecule has 2 aromatic carbocycles. The average molecular weight is 494 g/mol. The highest BCUT2D eigenvalue weighted by Gasteiger charge is 2.42. The van der Waals surface area contributed by atoms with Gasteiger partial charge in [-0.2, -0.15) is 0 Å². The van der Waals surface area contributed by atoms with Gasteiger partial charge in [0.2, 0.25) is 0 Å². The molecule has 12 heteroatoms. The van der Waals surface area contributed by atoms with Crippen LogP contribution in [0.2, 0.25) is 0 Å². The molecule has 1 aliphatic heterocycles. The van der Waals surface area contributed by atoms with Gasteiger partial charge in [-0.3, -0.25) is 4.79 Å². The first-order valence-corrected chi connectivity index (χ1v) is 11.6. The zero-order chi connectivity index (χ0) is 24.9. The van der Waals surface area contributed by atoms with Gasteiger partial charge < -0.3 is 29.8 Å². The molecule has 1 atom stereocenters. The number of amides is 1. The standard InChI is InChI=1S/C23H23BN4O6S/c1-25-23-26-17(13-35-23)19(27-33-12-14-7-4-3-5-8-14)21(29)28(2)18-11-15-9-6-10-16(22(30)31)20(15)34-24(18)32/h3-10,13,18,32H,11-12H2,1-2H3,(H,25,26)(H,30,31). The molecule has 0 fully saturated rings. The summed E-state index contributed by atoms with van der Waals surface area (Å²) in [5, 5.41) is 29.4. The third kappa shape index (κ3) is 5.28. The molecule has 4 rings (SSSR count). The molecular formula is C23H23BN4O6S. The van der Waals surface area contributed by atoms with Gasteiger partial charge in [0.1, 0.15) is 18.1 Å². The van der Waals surface area contributed by atoms with E-state index >= 15 is 0 Å². The molecule has 10 nitrogen and oxygen atoms in total. The monoisotopic (exact) mass is 494 g/mol. The largest absolute Gasteiger partial charge is 0.547 e. The number of hydrogen-bond donors (Lipinski definition) is 3. The quantitative estimate of drug-likeness (QED) is 0.247. The normalized spacial score (nSPS) is 15.1. The van der Waals surface area contributed by atoms with Gasteiger partial charge in [-0.1, -0.05) is 47.6 Å². The summed E-state index contributed by atoms with van der Waals surface area (Å²) in [6.07, 6.45) is 0.191. The van der Waals surface area contributed by atoms with Crippen molar-refractivity contribution in [3.63, 3.8) is 0 Å². The number of thiazole rings is 1. The number of nitrogens with zero attached hydrogens (tertiary/aromatic N) is 3. The summed E-state index contributed by atoms with van der Waals surface area (Å²) in [5.74, 6) is -2.38. The van der Waals surface area contributed by atoms with E-state index in [0.717, 1.165) is 5.56 Å². The van der Waals surface area contributed by atoms with E-state index < -0.39 is 24.9 Å². The first-order valence-electron chi connectivity index (χ1n) is 10.7. The number of oxime groups is 1. The highest BCUT2D eigenvalue weighted by Crippen LogP contribution is 2.31. The van der Waals surface area contributed by atoms with Crippen molar-refractivity contribution in [2.24, 2.45) is 5.16 Å². The van der Waals surface area contributed by atoms with Crippen molar-refractivity contribution in [2.75, 3.05) is 19.4 Å². The van der Waals surface area contributed by atoms with Gasteiger partial charge in [0, 0.05) is 19.5 Å². The summed E-state index contributed by atoms with van der Waals surface area (Å²) in [5.41, 5.74) is 1.70. The lowest BCUT2D eigenvalue weighted by Crippen LogP contribution is -2.55. The lowest BCUT2D eigenvalue weighted by Gasteiger charge is -2.34. The number of fused-ring (bicyclic) bond motifs is 1. The van der Waals surface area contributed by atoms with E-state index in [9.17, 15) is 19.7 Å². The summed E-state index contributed by atoms with van der Waals surface area (Å²) < 4.78 is 5.54. The van der Waals surface area contributed by atoms with Crippen LogP contribution in [0.3, 0.4) is 0 Å². The Kier molecular flexibility index (Phi) is 7.32. The summed E-state index contributed by atoms with van der Waals surface area (Å²) in [6.45, 7) is 0.158. The minimum atomic E-state index is -1.44. The molecule has 0 saturated heterocycles. The van der Waals surface area contributed by atoms with Crippen molar-refractivity contribution in [1.82, 2.24) is 9.88 Å². The van der Waals surface area contributed by atoms with Gasteiger partial charge in [-0.05, 0) is 23.6 Å². The van der Waals surface area contributed by atoms with E-state index in [1.165, 1.54) is 29.4 Å². The highest BCUT2D eigenvalue weighted by molar-refractivity contribution is 7.14. The van der Waals surface area contributed by atoms with Crippen LogP contribution < -0.4 is 9.97 Å². The van der Waals surface area contributed by atoms with E-state index in [4.69, 9.17) is 9.49 Å². The number of likely N-dealkylation sites (N-methyl/N-ethyl adjacent to an activating group) is 1. The maximum Gasteiger partial charge on any atom is 0.547 e. The van der Waals surface area contributed by atoms with Crippen LogP contribution in [-0.2, 0) is 22.7 Å². The summed E-state index contributed by atoms with van der Waals surface area (Å²) >= 11 is 1.31. The number of nitrogens with one attached hydrogen (secondary N) is 1. The van der Waals surface area contributed by atoms with Crippen molar-refractivity contribution in [1.29, 1.82) is 0 Å². The first-order chi connectivity index (χ1) is 16.9. The fourth-order valence-electron chi connectivity index (χ4n) is 3.66. The molecule has 0 radical (unpaired) electrons. The molecule has 0 spiro atoms. The number of aromatic carboxylic acids is 1. The number of benzene rings is 2. The summed E-state index contributed by atoms with van der Waals surface area (Å²) in [4.78, 5) is 36.2. The van der Waals surface area contributed by atoms with Gasteiger partial charge >= 0.3 is 13.1 Å². The Hall–Kier alpha value is -3.90. The average Bonchev–Trinajstić information content (AvgIpc) is 3.34. The Morgan fingerprint density at radius 3 is 2.74 bits per heavy atom. The van der Waals surface area contributed by atoms with E-state index in [0.29, 0.717) is 16.4 Å². The number of para-hydroxylation sites is 1. The molecule has 1 aliphatic rings. The molecule has 1 aromatic heterocycles. The van der Waals surface area contributed by atoms with Crippen LogP contribution in [0.15, 0.2) is 59.1 Å². The van der Waals surface area contributed by atoms with E-state index in [-0.39, 0.29) is 30.1 Å². The lowest BCUT2D eigenvalue weighted by molar-refractivity contribution is -0.124. The van der Waals surface area contributed by atoms with Crippen LogP contribution in [0, 0.1) is 0 Å². The predicted octanol–water partition coefficient (Wildman–Crippen LogP) is 2.29. The molecule has 0 bridgehead atoms. The fourth-order valence-corrected chi connectivity index (χ4v) is 4.32. The van der Waals surface area contributed by atoms with Gasteiger partial charge in [0.25, 0.3) is 5.91 Å². The molecule has 180 valence electrons. The second kappa shape index (κ2) is 10.6. The first kappa shape index (κ1) is 24.2. The Labute approximate surface area is 206 Å². The van der Waals surface area contributed by atoms with Crippen LogP contribution in [0.5, 0.6) is 5.75 Å². The molecule has 35 heavy (non-hydrogen) atoms. The third-order valence-corrected chi connectivity index (χ3v) is 6.39. The Morgan fingerprint density at radius 2 is 2.06 bits per heavy atom. The molecule has 0 aliphatic carbocycles. The van der Waals surface area contributed by atoms with Crippen LogP contribution in [-0.4, -0.2) is 64.8 Å². The van der Waals surface area contributed by atoms with E-state index in [1.54, 1.807) is 24.6 Å². The van der Waals surface area contributed by atoms with Crippen molar-refractivity contribution < 1.29 is 29.2 Å². The van der Waals surface area contributed by atoms with Gasteiger partial charge in [0.15, 0.2) is 10.8 Å². The molecule has 1 unspecified atom stereocenters. The maximum atomic E-state index is 13.5. The van der Waals surface area contributed by atoms with Crippen molar-refractivity contribution in [3.8, 4) is 5.75 Å².